The van der Waals surface area contributed by atoms with Gasteiger partial charge in [-0.1, -0.05) is 12.1 Å². The van der Waals surface area contributed by atoms with Gasteiger partial charge in [-0.3, -0.25) is 0 Å². The molecular weight excluding hydrogens is 338 g/mol. The van der Waals surface area contributed by atoms with Crippen molar-refractivity contribution in [2.24, 2.45) is 5.73 Å². The monoisotopic (exact) mass is 357 g/mol. The number of esters is 1. The van der Waals surface area contributed by atoms with Crippen LogP contribution < -0.4 is 20.8 Å². The molecule has 3 rings (SSSR count). The molecule has 1 aliphatic heterocycles. The van der Waals surface area contributed by atoms with E-state index in [4.69, 9.17) is 24.4 Å². The van der Waals surface area contributed by atoms with Gasteiger partial charge in [-0.05, 0) is 31.5 Å². The Morgan fingerprint density at radius 3 is 2.58 bits per heavy atom. The number of benzene rings is 1. The maximum atomic E-state index is 12.5. The molecule has 7 heteroatoms. The molecule has 0 radical (unpaired) electrons. The van der Waals surface area contributed by atoms with E-state index in [0.717, 1.165) is 0 Å². The van der Waals surface area contributed by atoms with Crippen molar-refractivity contribution in [2.45, 2.75) is 19.8 Å². The number of methoxy groups -OCH3 is 1. The molecule has 26 heavy (non-hydrogen) atoms. The van der Waals surface area contributed by atoms with Gasteiger partial charge in [0.15, 0.2) is 0 Å². The van der Waals surface area contributed by atoms with Gasteiger partial charge in [0, 0.05) is 6.07 Å². The number of ether oxygens (including phenoxy) is 3. The first-order valence-electron chi connectivity index (χ1n) is 8.09. The number of rotatable bonds is 4. The zero-order valence-corrected chi connectivity index (χ0v) is 14.7. The summed E-state index contributed by atoms with van der Waals surface area (Å²) in [7, 11) is 1.24. The molecule has 2 heterocycles. The molecule has 0 aliphatic carbocycles. The lowest BCUT2D eigenvalue weighted by Gasteiger charge is -2.27. The summed E-state index contributed by atoms with van der Waals surface area (Å²) in [6, 6.07) is 8.61. The minimum Gasteiger partial charge on any atom is -0.494 e. The minimum atomic E-state index is -0.765. The van der Waals surface area contributed by atoms with E-state index in [9.17, 15) is 9.59 Å². The van der Waals surface area contributed by atoms with Gasteiger partial charge in [-0.15, -0.1) is 0 Å². The maximum absolute atomic E-state index is 12.5. The van der Waals surface area contributed by atoms with E-state index < -0.39 is 17.5 Å². The van der Waals surface area contributed by atoms with Crippen molar-refractivity contribution in [3.05, 3.63) is 69.1 Å². The summed E-state index contributed by atoms with van der Waals surface area (Å²) < 4.78 is 21.0. The van der Waals surface area contributed by atoms with Crippen molar-refractivity contribution >= 4 is 5.97 Å². The third-order valence-corrected chi connectivity index (χ3v) is 4.07. The molecule has 1 atom stereocenters. The van der Waals surface area contributed by atoms with Crippen LogP contribution in [0.15, 0.2) is 51.0 Å². The van der Waals surface area contributed by atoms with Crippen LogP contribution in [0.5, 0.6) is 11.5 Å². The Morgan fingerprint density at radius 2 is 1.96 bits per heavy atom. The van der Waals surface area contributed by atoms with Crippen LogP contribution in [0, 0.1) is 6.92 Å². The maximum Gasteiger partial charge on any atom is 0.343 e. The van der Waals surface area contributed by atoms with Gasteiger partial charge in [0.05, 0.1) is 25.2 Å². The van der Waals surface area contributed by atoms with Gasteiger partial charge in [0.1, 0.15) is 22.8 Å². The smallest absolute Gasteiger partial charge is 0.343 e. The van der Waals surface area contributed by atoms with Crippen molar-refractivity contribution in [3.63, 3.8) is 0 Å². The lowest BCUT2D eigenvalue weighted by atomic mass is 9.83. The van der Waals surface area contributed by atoms with Crippen LogP contribution in [-0.2, 0) is 9.53 Å². The summed E-state index contributed by atoms with van der Waals surface area (Å²) in [5.74, 6) is -0.216. The fourth-order valence-electron chi connectivity index (χ4n) is 2.98. The van der Waals surface area contributed by atoms with E-state index in [1.54, 1.807) is 37.3 Å². The molecule has 0 spiro atoms. The zero-order valence-electron chi connectivity index (χ0n) is 14.7. The summed E-state index contributed by atoms with van der Waals surface area (Å²) in [6.45, 7) is 4.05. The Morgan fingerprint density at radius 1 is 1.27 bits per heavy atom. The molecule has 1 aromatic heterocycles. The second kappa shape index (κ2) is 6.95. The lowest BCUT2D eigenvalue weighted by Crippen LogP contribution is -2.30. The quantitative estimate of drug-likeness (QED) is 0.837. The first-order chi connectivity index (χ1) is 12.5. The van der Waals surface area contributed by atoms with Crippen molar-refractivity contribution in [1.29, 1.82) is 0 Å². The summed E-state index contributed by atoms with van der Waals surface area (Å²) in [5, 5.41) is 0. The highest BCUT2D eigenvalue weighted by Gasteiger charge is 2.38. The van der Waals surface area contributed by atoms with Gasteiger partial charge < -0.3 is 24.4 Å². The molecule has 1 aromatic carbocycles. The normalized spacial score (nSPS) is 15.9. The van der Waals surface area contributed by atoms with Crippen LogP contribution in [0.4, 0.5) is 0 Å². The Hall–Kier alpha value is -3.22. The topological polar surface area (TPSA) is 101 Å². The molecule has 136 valence electrons. The van der Waals surface area contributed by atoms with Crippen LogP contribution >= 0.6 is 0 Å². The standard InChI is InChI=1S/C19H19NO6/c1-4-24-12-7-5-11(6-8-12)14-15-13(9-10(2)25-19(15)22)26-17(20)16(14)18(21)23-3/h5-9,14H,4,20H2,1-3H3. The first-order valence-corrected chi connectivity index (χ1v) is 8.09. The van der Waals surface area contributed by atoms with Gasteiger partial charge in [0.2, 0.25) is 5.88 Å². The highest BCUT2D eigenvalue weighted by Crippen LogP contribution is 2.41. The summed E-state index contributed by atoms with van der Waals surface area (Å²) in [4.78, 5) is 24.8. The molecule has 1 aliphatic rings. The van der Waals surface area contributed by atoms with E-state index in [1.165, 1.54) is 7.11 Å². The highest BCUT2D eigenvalue weighted by molar-refractivity contribution is 5.92. The van der Waals surface area contributed by atoms with Gasteiger partial charge >= 0.3 is 11.6 Å². The van der Waals surface area contributed by atoms with Crippen molar-refractivity contribution in [1.82, 2.24) is 0 Å². The second-order valence-electron chi connectivity index (χ2n) is 5.73. The molecular formula is C19H19NO6. The number of hydrogen-bond acceptors (Lipinski definition) is 7. The number of carbonyl (C=O) groups is 1. The SMILES string of the molecule is CCOc1ccc(C2C(C(=O)OC)=C(N)Oc3cc(C)oc(=O)c32)cc1. The first kappa shape index (κ1) is 17.6. The van der Waals surface area contributed by atoms with Crippen LogP contribution in [0.25, 0.3) is 0 Å². The van der Waals surface area contributed by atoms with Crippen molar-refractivity contribution in [3.8, 4) is 11.5 Å². The van der Waals surface area contributed by atoms with Gasteiger partial charge in [-0.25, -0.2) is 9.59 Å². The van der Waals surface area contributed by atoms with Crippen LogP contribution in [0.1, 0.15) is 29.7 Å². The highest BCUT2D eigenvalue weighted by atomic mass is 16.5. The Labute approximate surface area is 150 Å². The van der Waals surface area contributed by atoms with Crippen molar-refractivity contribution in [2.75, 3.05) is 13.7 Å². The van der Waals surface area contributed by atoms with E-state index in [1.807, 2.05) is 6.92 Å². The number of carbonyl (C=O) groups excluding carboxylic acids is 1. The molecule has 0 amide bonds. The molecule has 0 saturated carbocycles. The van der Waals surface area contributed by atoms with Crippen LogP contribution in [0.3, 0.4) is 0 Å². The third kappa shape index (κ3) is 3.03. The van der Waals surface area contributed by atoms with E-state index >= 15 is 0 Å². The third-order valence-electron chi connectivity index (χ3n) is 4.07. The van der Waals surface area contributed by atoms with Crippen LogP contribution in [-0.4, -0.2) is 19.7 Å². The molecule has 0 fully saturated rings. The van der Waals surface area contributed by atoms with Gasteiger partial charge in [-0.2, -0.15) is 0 Å². The van der Waals surface area contributed by atoms with E-state index in [-0.39, 0.29) is 22.8 Å². The number of hydrogen-bond donors (Lipinski definition) is 1. The summed E-state index contributed by atoms with van der Waals surface area (Å²) in [5.41, 5.74) is 6.31. The fraction of sp³-hybridized carbons (Fsp3) is 0.263. The van der Waals surface area contributed by atoms with Crippen LogP contribution in [0.2, 0.25) is 0 Å². The largest absolute Gasteiger partial charge is 0.494 e. The van der Waals surface area contributed by atoms with E-state index in [2.05, 4.69) is 0 Å². The molecule has 2 N–H and O–H groups in total. The lowest BCUT2D eigenvalue weighted by molar-refractivity contribution is -0.136. The number of aryl methyl sites for hydroxylation is 1. The molecule has 0 bridgehead atoms. The summed E-state index contributed by atoms with van der Waals surface area (Å²) >= 11 is 0. The van der Waals surface area contributed by atoms with Crippen molar-refractivity contribution < 1.29 is 23.4 Å². The second-order valence-corrected chi connectivity index (χ2v) is 5.73. The summed E-state index contributed by atoms with van der Waals surface area (Å²) in [6.07, 6.45) is 0. The number of nitrogens with two attached hydrogens (primary N) is 1. The Kier molecular flexibility index (Phi) is 4.71. The Bertz CT molecular complexity index is 926. The predicted molar refractivity (Wildman–Crippen MR) is 93.0 cm³/mol. The molecule has 7 nitrogen and oxygen atoms in total. The zero-order chi connectivity index (χ0) is 18.8. The molecule has 0 saturated heterocycles. The number of fused-ring (bicyclic) bond motifs is 1. The average Bonchev–Trinajstić information content (AvgIpc) is 2.60. The minimum absolute atomic E-state index is 0.0558. The molecule has 2 aromatic rings. The Balaban J connectivity index is 2.21. The fourth-order valence-corrected chi connectivity index (χ4v) is 2.98. The average molecular weight is 357 g/mol. The molecule has 1 unspecified atom stereocenters. The van der Waals surface area contributed by atoms with Gasteiger partial charge in [0.25, 0.3) is 0 Å². The van der Waals surface area contributed by atoms with E-state index in [0.29, 0.717) is 23.7 Å². The predicted octanol–water partition coefficient (Wildman–Crippen LogP) is 2.21.